The first-order valence-electron chi connectivity index (χ1n) is 7.51. The zero-order valence-corrected chi connectivity index (χ0v) is 15.9. The molecule has 2 aromatic carbocycles. The third-order valence-electron chi connectivity index (χ3n) is 3.36. The smallest absolute Gasteiger partial charge is 0.237 e. The van der Waals surface area contributed by atoms with Gasteiger partial charge in [0, 0.05) is 5.69 Å². The van der Waals surface area contributed by atoms with E-state index in [1.54, 1.807) is 19.1 Å². The third-order valence-corrected chi connectivity index (χ3v) is 5.78. The number of carbonyl (C=O) groups excluding carboxylic acids is 1. The summed E-state index contributed by atoms with van der Waals surface area (Å²) in [4.78, 5) is 12.3. The Morgan fingerprint density at radius 1 is 1.15 bits per heavy atom. The number of nitrogens with one attached hydrogen (secondary N) is 1. The van der Waals surface area contributed by atoms with Crippen LogP contribution in [0.4, 0.5) is 14.5 Å². The molecule has 0 saturated carbocycles. The van der Waals surface area contributed by atoms with Gasteiger partial charge >= 0.3 is 0 Å². The average molecular weight is 410 g/mol. The summed E-state index contributed by atoms with van der Waals surface area (Å²) in [5.74, 6) is -0.927. The molecule has 1 N–H and O–H groups in total. The molecule has 134 valence electrons. The lowest BCUT2D eigenvalue weighted by Crippen LogP contribution is -2.22. The van der Waals surface area contributed by atoms with Crippen LogP contribution in [0.5, 0.6) is 0 Å². The fourth-order valence-corrected chi connectivity index (χ4v) is 4.54. The molecule has 0 fully saturated rings. The van der Waals surface area contributed by atoms with Crippen molar-refractivity contribution in [2.45, 2.75) is 16.5 Å². The van der Waals surface area contributed by atoms with Crippen molar-refractivity contribution in [2.75, 3.05) is 5.32 Å². The van der Waals surface area contributed by atoms with Crippen LogP contribution in [0.3, 0.4) is 0 Å². The maximum atomic E-state index is 13.0. The van der Waals surface area contributed by atoms with Gasteiger partial charge in [0.05, 0.1) is 10.9 Å². The van der Waals surface area contributed by atoms with Crippen LogP contribution >= 0.6 is 35.3 Å². The second-order valence-electron chi connectivity index (χ2n) is 5.28. The summed E-state index contributed by atoms with van der Waals surface area (Å²) in [6, 6.07) is 11.4. The highest BCUT2D eigenvalue weighted by molar-refractivity contribution is 8.02. The first-order chi connectivity index (χ1) is 12.4. The Morgan fingerprint density at radius 3 is 2.35 bits per heavy atom. The van der Waals surface area contributed by atoms with Gasteiger partial charge in [-0.1, -0.05) is 23.1 Å². The molecular weight excluding hydrogens is 396 g/mol. The van der Waals surface area contributed by atoms with Gasteiger partial charge in [0.2, 0.25) is 5.91 Å². The second kappa shape index (κ2) is 8.07. The molecule has 0 aliphatic rings. The molecule has 0 radical (unpaired) electrons. The number of thioether (sulfide) groups is 1. The van der Waals surface area contributed by atoms with Crippen LogP contribution in [0.15, 0.2) is 52.9 Å². The van der Waals surface area contributed by atoms with Gasteiger partial charge in [-0.15, -0.1) is 5.10 Å². The van der Waals surface area contributed by atoms with E-state index in [4.69, 9.17) is 12.2 Å². The van der Waals surface area contributed by atoms with Gasteiger partial charge in [0.15, 0.2) is 8.29 Å². The van der Waals surface area contributed by atoms with Crippen molar-refractivity contribution in [3.63, 3.8) is 0 Å². The van der Waals surface area contributed by atoms with E-state index in [1.807, 2.05) is 0 Å². The molecule has 0 bridgehead atoms. The summed E-state index contributed by atoms with van der Waals surface area (Å²) in [6.45, 7) is 1.75. The van der Waals surface area contributed by atoms with E-state index in [0.29, 0.717) is 19.7 Å². The highest BCUT2D eigenvalue weighted by Gasteiger charge is 2.17. The average Bonchev–Trinajstić information content (AvgIpc) is 2.97. The van der Waals surface area contributed by atoms with E-state index in [-0.39, 0.29) is 17.5 Å². The van der Waals surface area contributed by atoms with Crippen molar-refractivity contribution < 1.29 is 13.6 Å². The van der Waals surface area contributed by atoms with Crippen molar-refractivity contribution in [2.24, 2.45) is 0 Å². The van der Waals surface area contributed by atoms with Crippen LogP contribution in [-0.4, -0.2) is 20.9 Å². The van der Waals surface area contributed by atoms with Gasteiger partial charge in [0.1, 0.15) is 11.6 Å². The quantitative estimate of drug-likeness (QED) is 0.473. The van der Waals surface area contributed by atoms with Crippen molar-refractivity contribution in [3.05, 3.63) is 64.1 Å². The molecule has 0 unspecified atom stereocenters. The summed E-state index contributed by atoms with van der Waals surface area (Å²) >= 11 is 7.84. The molecule has 0 aliphatic heterocycles. The summed E-state index contributed by atoms with van der Waals surface area (Å²) < 4.78 is 28.6. The Bertz CT molecular complexity index is 968. The summed E-state index contributed by atoms with van der Waals surface area (Å²) in [6.07, 6.45) is 0. The van der Waals surface area contributed by atoms with E-state index >= 15 is 0 Å². The van der Waals surface area contributed by atoms with E-state index in [9.17, 15) is 13.6 Å². The fraction of sp³-hybridized carbons (Fsp3) is 0.118. The minimum Gasteiger partial charge on any atom is -0.325 e. The molecule has 0 aliphatic carbocycles. The number of benzene rings is 2. The number of halogens is 2. The van der Waals surface area contributed by atoms with Gasteiger partial charge in [0.25, 0.3) is 0 Å². The molecular formula is C17H13F2N3OS3. The van der Waals surface area contributed by atoms with Crippen molar-refractivity contribution in [3.8, 4) is 5.69 Å². The lowest BCUT2D eigenvalue weighted by molar-refractivity contribution is -0.115. The Morgan fingerprint density at radius 2 is 1.73 bits per heavy atom. The maximum absolute atomic E-state index is 13.0. The number of nitrogens with zero attached hydrogens (tertiary/aromatic N) is 2. The SMILES string of the molecule is C[C@@H](Sc1nn(-c2ccc(F)cc2)c(=S)s1)C(=O)Nc1ccc(F)cc1. The van der Waals surface area contributed by atoms with E-state index in [1.165, 1.54) is 64.2 Å². The predicted molar refractivity (Wildman–Crippen MR) is 103 cm³/mol. The van der Waals surface area contributed by atoms with Crippen molar-refractivity contribution in [1.29, 1.82) is 0 Å². The Kier molecular flexibility index (Phi) is 5.80. The molecule has 1 atom stereocenters. The molecule has 3 rings (SSSR count). The monoisotopic (exact) mass is 409 g/mol. The lowest BCUT2D eigenvalue weighted by Gasteiger charge is -2.10. The first-order valence-corrected chi connectivity index (χ1v) is 9.62. The minimum atomic E-state index is -0.428. The predicted octanol–water partition coefficient (Wildman–Crippen LogP) is 5.06. The van der Waals surface area contributed by atoms with E-state index in [0.717, 1.165) is 0 Å². The van der Waals surface area contributed by atoms with Crippen molar-refractivity contribution >= 4 is 46.9 Å². The zero-order chi connectivity index (χ0) is 18.7. The molecule has 4 nitrogen and oxygen atoms in total. The number of carbonyl (C=O) groups is 1. The number of hydrogen-bond acceptors (Lipinski definition) is 5. The topological polar surface area (TPSA) is 46.9 Å². The van der Waals surface area contributed by atoms with Crippen LogP contribution in [0.1, 0.15) is 6.92 Å². The Hall–Kier alpha value is -2.10. The van der Waals surface area contributed by atoms with Crippen LogP contribution < -0.4 is 5.32 Å². The summed E-state index contributed by atoms with van der Waals surface area (Å²) in [7, 11) is 0. The number of amides is 1. The van der Waals surface area contributed by atoms with Crippen molar-refractivity contribution in [1.82, 2.24) is 9.78 Å². The maximum Gasteiger partial charge on any atom is 0.237 e. The standard InChI is InChI=1S/C17H13F2N3OS3/c1-10(15(23)20-13-6-2-11(18)3-7-13)25-16-21-22(17(24)26-16)14-8-4-12(19)5-9-14/h2-10H,1H3,(H,20,23)/t10-/m1/s1. The first kappa shape index (κ1) is 18.7. The van der Waals surface area contributed by atoms with E-state index < -0.39 is 5.25 Å². The van der Waals surface area contributed by atoms with E-state index in [2.05, 4.69) is 10.4 Å². The fourth-order valence-electron chi connectivity index (χ4n) is 2.04. The van der Waals surface area contributed by atoms with Gasteiger partial charge < -0.3 is 5.32 Å². The molecule has 0 spiro atoms. The molecule has 3 aromatic rings. The number of anilines is 1. The Balaban J connectivity index is 1.69. The van der Waals surface area contributed by atoms with Crippen LogP contribution in [-0.2, 0) is 4.79 Å². The third kappa shape index (κ3) is 4.54. The molecule has 1 amide bonds. The Labute approximate surface area is 161 Å². The van der Waals surface area contributed by atoms with Gasteiger partial charge in [-0.2, -0.15) is 0 Å². The number of hydrogen-bond donors (Lipinski definition) is 1. The molecule has 1 aromatic heterocycles. The second-order valence-corrected chi connectivity index (χ2v) is 8.49. The lowest BCUT2D eigenvalue weighted by atomic mass is 10.3. The minimum absolute atomic E-state index is 0.226. The van der Waals surface area contributed by atoms with Crippen LogP contribution in [0.25, 0.3) is 5.69 Å². The zero-order valence-electron chi connectivity index (χ0n) is 13.5. The molecule has 1 heterocycles. The summed E-state index contributed by atoms with van der Waals surface area (Å²) in [5, 5.41) is 6.69. The van der Waals surface area contributed by atoms with Crippen LogP contribution in [0.2, 0.25) is 0 Å². The highest BCUT2D eigenvalue weighted by Crippen LogP contribution is 2.28. The molecule has 9 heteroatoms. The van der Waals surface area contributed by atoms with Gasteiger partial charge in [-0.25, -0.2) is 13.5 Å². The van der Waals surface area contributed by atoms with Gasteiger partial charge in [-0.05, 0) is 67.7 Å². The number of rotatable bonds is 5. The van der Waals surface area contributed by atoms with Gasteiger partial charge in [-0.3, -0.25) is 4.79 Å². The number of aromatic nitrogens is 2. The molecule has 0 saturated heterocycles. The largest absolute Gasteiger partial charge is 0.325 e. The highest BCUT2D eigenvalue weighted by atomic mass is 32.2. The summed E-state index contributed by atoms with van der Waals surface area (Å²) in [5.41, 5.74) is 1.18. The van der Waals surface area contributed by atoms with Crippen LogP contribution in [0, 0.1) is 15.6 Å². The normalized spacial score (nSPS) is 12.0. The molecule has 26 heavy (non-hydrogen) atoms.